The number of thioether (sulfide) groups is 1. The van der Waals surface area contributed by atoms with Crippen LogP contribution in [0.4, 0.5) is 8.78 Å². The van der Waals surface area contributed by atoms with E-state index in [9.17, 15) is 13.6 Å². The van der Waals surface area contributed by atoms with Gasteiger partial charge in [0, 0.05) is 0 Å². The summed E-state index contributed by atoms with van der Waals surface area (Å²) in [6, 6.07) is 6.80. The Labute approximate surface area is 124 Å². The van der Waals surface area contributed by atoms with Crippen LogP contribution in [0.5, 0.6) is 0 Å². The molecule has 2 aromatic rings. The molecule has 0 saturated heterocycles. The van der Waals surface area contributed by atoms with Gasteiger partial charge in [0.2, 0.25) is 0 Å². The van der Waals surface area contributed by atoms with Crippen molar-refractivity contribution in [3.8, 4) is 5.69 Å². The third-order valence-electron chi connectivity index (χ3n) is 2.84. The minimum absolute atomic E-state index is 0.209. The lowest BCUT2D eigenvalue weighted by molar-refractivity contribution is -0.133. The van der Waals surface area contributed by atoms with Crippen molar-refractivity contribution < 1.29 is 18.7 Å². The quantitative estimate of drug-likeness (QED) is 0.857. The molecule has 0 radical (unpaired) electrons. The third kappa shape index (κ3) is 3.60. The van der Waals surface area contributed by atoms with E-state index in [1.165, 1.54) is 10.7 Å². The Balaban J connectivity index is 2.46. The van der Waals surface area contributed by atoms with Gasteiger partial charge in [-0.15, -0.1) is 0 Å². The lowest BCUT2D eigenvalue weighted by Crippen LogP contribution is -2.04. The van der Waals surface area contributed by atoms with E-state index in [0.29, 0.717) is 10.7 Å². The number of carbonyl (C=O) groups is 1. The molecule has 1 heterocycles. The average molecular weight is 312 g/mol. The molecule has 0 fully saturated rings. The fourth-order valence-corrected chi connectivity index (χ4v) is 2.68. The van der Waals surface area contributed by atoms with Gasteiger partial charge in [0.05, 0.1) is 11.4 Å². The van der Waals surface area contributed by atoms with Gasteiger partial charge in [-0.25, -0.2) is 13.5 Å². The van der Waals surface area contributed by atoms with E-state index in [-0.39, 0.29) is 11.4 Å². The molecule has 0 aliphatic rings. The third-order valence-corrected chi connectivity index (χ3v) is 3.82. The zero-order valence-corrected chi connectivity index (χ0v) is 12.3. The standard InChI is InChI=1S/C14H14F2N2O2S/c1-8-3-4-11(9(2)5-8)18-12(21-7-13(19)20)6-10(17-18)14(15)16/h3-6,14H,7H2,1-2H3,(H,19,20). The molecule has 1 aromatic carbocycles. The second-order valence-electron chi connectivity index (χ2n) is 4.59. The van der Waals surface area contributed by atoms with Crippen LogP contribution in [0.2, 0.25) is 0 Å². The molecule has 0 bridgehead atoms. The highest BCUT2D eigenvalue weighted by Crippen LogP contribution is 2.28. The SMILES string of the molecule is Cc1ccc(-n2nc(C(F)F)cc2SCC(=O)O)c(C)c1. The molecule has 1 aromatic heterocycles. The predicted molar refractivity (Wildman–Crippen MR) is 76.4 cm³/mol. The number of benzene rings is 1. The maximum Gasteiger partial charge on any atom is 0.313 e. The highest BCUT2D eigenvalue weighted by atomic mass is 32.2. The van der Waals surface area contributed by atoms with Crippen molar-refractivity contribution in [3.05, 3.63) is 41.1 Å². The monoisotopic (exact) mass is 312 g/mol. The normalized spacial score (nSPS) is 11.1. The number of aryl methyl sites for hydroxylation is 2. The van der Waals surface area contributed by atoms with Crippen LogP contribution in [0.3, 0.4) is 0 Å². The summed E-state index contributed by atoms with van der Waals surface area (Å²) in [6.45, 7) is 3.79. The van der Waals surface area contributed by atoms with Crippen LogP contribution < -0.4 is 0 Å². The van der Waals surface area contributed by atoms with Crippen molar-refractivity contribution in [2.45, 2.75) is 25.3 Å². The molecular weight excluding hydrogens is 298 g/mol. The molecule has 112 valence electrons. The van der Waals surface area contributed by atoms with Crippen LogP contribution >= 0.6 is 11.8 Å². The van der Waals surface area contributed by atoms with Crippen LogP contribution in [0.15, 0.2) is 29.3 Å². The minimum Gasteiger partial charge on any atom is -0.481 e. The maximum absolute atomic E-state index is 12.8. The molecule has 0 amide bonds. The Kier molecular flexibility index (Phi) is 4.62. The van der Waals surface area contributed by atoms with Crippen LogP contribution in [0.1, 0.15) is 23.2 Å². The van der Waals surface area contributed by atoms with Gasteiger partial charge in [0.25, 0.3) is 6.43 Å². The van der Waals surface area contributed by atoms with Crippen molar-refractivity contribution in [1.82, 2.24) is 9.78 Å². The number of alkyl halides is 2. The molecule has 0 aliphatic heterocycles. The average Bonchev–Trinajstić information content (AvgIpc) is 2.80. The highest BCUT2D eigenvalue weighted by molar-refractivity contribution is 7.99. The zero-order chi connectivity index (χ0) is 15.6. The van der Waals surface area contributed by atoms with E-state index in [2.05, 4.69) is 5.10 Å². The fourth-order valence-electron chi connectivity index (χ4n) is 1.94. The maximum atomic E-state index is 12.8. The van der Waals surface area contributed by atoms with Crippen LogP contribution in [-0.4, -0.2) is 26.6 Å². The molecule has 0 saturated carbocycles. The van der Waals surface area contributed by atoms with Gasteiger partial charge in [-0.05, 0) is 31.5 Å². The molecule has 0 unspecified atom stereocenters. The number of hydrogen-bond acceptors (Lipinski definition) is 3. The molecule has 0 atom stereocenters. The Morgan fingerprint density at radius 1 is 1.38 bits per heavy atom. The Morgan fingerprint density at radius 2 is 2.10 bits per heavy atom. The van der Waals surface area contributed by atoms with Gasteiger partial charge in [-0.3, -0.25) is 4.79 Å². The van der Waals surface area contributed by atoms with Crippen molar-refractivity contribution in [3.63, 3.8) is 0 Å². The molecule has 1 N–H and O–H groups in total. The predicted octanol–water partition coefficient (Wildman–Crippen LogP) is 3.60. The topological polar surface area (TPSA) is 55.1 Å². The summed E-state index contributed by atoms with van der Waals surface area (Å²) in [4.78, 5) is 10.7. The van der Waals surface area contributed by atoms with Crippen molar-refractivity contribution in [2.24, 2.45) is 0 Å². The zero-order valence-electron chi connectivity index (χ0n) is 11.5. The molecular formula is C14H14F2N2O2S. The van der Waals surface area contributed by atoms with E-state index in [1.807, 2.05) is 26.0 Å². The first-order valence-corrected chi connectivity index (χ1v) is 7.17. The lowest BCUT2D eigenvalue weighted by atomic mass is 10.1. The lowest BCUT2D eigenvalue weighted by Gasteiger charge is -2.10. The number of carboxylic acid groups (broad SMARTS) is 1. The number of halogens is 2. The summed E-state index contributed by atoms with van der Waals surface area (Å²) in [5, 5.41) is 13.0. The van der Waals surface area contributed by atoms with Crippen molar-refractivity contribution >= 4 is 17.7 Å². The van der Waals surface area contributed by atoms with Gasteiger partial charge in [-0.2, -0.15) is 5.10 Å². The minimum atomic E-state index is -2.69. The summed E-state index contributed by atoms with van der Waals surface area (Å²) in [7, 11) is 0. The fraction of sp³-hybridized carbons (Fsp3) is 0.286. The largest absolute Gasteiger partial charge is 0.481 e. The van der Waals surface area contributed by atoms with E-state index in [4.69, 9.17) is 5.11 Å². The first kappa shape index (κ1) is 15.5. The van der Waals surface area contributed by atoms with Gasteiger partial charge in [-0.1, -0.05) is 29.5 Å². The van der Waals surface area contributed by atoms with Crippen LogP contribution in [-0.2, 0) is 4.79 Å². The van der Waals surface area contributed by atoms with Crippen LogP contribution in [0, 0.1) is 13.8 Å². The molecule has 0 aliphatic carbocycles. The Hall–Kier alpha value is -1.89. The molecule has 0 spiro atoms. The number of nitrogens with zero attached hydrogens (tertiary/aromatic N) is 2. The summed E-state index contributed by atoms with van der Waals surface area (Å²) < 4.78 is 27.1. The van der Waals surface area contributed by atoms with Gasteiger partial charge < -0.3 is 5.11 Å². The first-order chi connectivity index (χ1) is 9.88. The Morgan fingerprint density at radius 3 is 2.67 bits per heavy atom. The number of hydrogen-bond donors (Lipinski definition) is 1. The number of aliphatic carboxylic acids is 1. The summed E-state index contributed by atoms with van der Waals surface area (Å²) in [5.41, 5.74) is 2.25. The molecule has 7 heteroatoms. The molecule has 4 nitrogen and oxygen atoms in total. The number of carboxylic acids is 1. The van der Waals surface area contributed by atoms with E-state index in [0.717, 1.165) is 22.9 Å². The smallest absolute Gasteiger partial charge is 0.313 e. The summed E-state index contributed by atoms with van der Waals surface area (Å²) >= 11 is 0.969. The second kappa shape index (κ2) is 6.26. The molecule has 2 rings (SSSR count). The number of rotatable bonds is 5. The van der Waals surface area contributed by atoms with Gasteiger partial charge in [0.15, 0.2) is 0 Å². The van der Waals surface area contributed by atoms with Crippen molar-refractivity contribution in [1.29, 1.82) is 0 Å². The van der Waals surface area contributed by atoms with E-state index < -0.39 is 12.4 Å². The molecule has 21 heavy (non-hydrogen) atoms. The highest BCUT2D eigenvalue weighted by Gasteiger charge is 2.18. The Bertz CT molecular complexity index is 671. The summed E-state index contributed by atoms with van der Waals surface area (Å²) in [6.07, 6.45) is -2.69. The van der Waals surface area contributed by atoms with Gasteiger partial charge >= 0.3 is 5.97 Å². The summed E-state index contributed by atoms with van der Waals surface area (Å²) in [5.74, 6) is -1.22. The van der Waals surface area contributed by atoms with E-state index in [1.54, 1.807) is 6.07 Å². The van der Waals surface area contributed by atoms with Crippen molar-refractivity contribution in [2.75, 3.05) is 5.75 Å². The van der Waals surface area contributed by atoms with E-state index >= 15 is 0 Å². The first-order valence-electron chi connectivity index (χ1n) is 6.19. The number of aromatic nitrogens is 2. The van der Waals surface area contributed by atoms with Gasteiger partial charge in [0.1, 0.15) is 10.7 Å². The second-order valence-corrected chi connectivity index (χ2v) is 5.59. The van der Waals surface area contributed by atoms with Crippen LogP contribution in [0.25, 0.3) is 5.69 Å².